The predicted molar refractivity (Wildman–Crippen MR) is 111 cm³/mol. The van der Waals surface area contributed by atoms with Gasteiger partial charge in [-0.2, -0.15) is 5.10 Å². The Morgan fingerprint density at radius 2 is 1.94 bits per heavy atom. The highest BCUT2D eigenvalue weighted by Gasteiger charge is 2.16. The van der Waals surface area contributed by atoms with Gasteiger partial charge in [0.1, 0.15) is 17.3 Å². The van der Waals surface area contributed by atoms with Crippen molar-refractivity contribution in [2.75, 3.05) is 5.32 Å². The molecule has 0 spiro atoms. The molecule has 1 aromatic carbocycles. The first-order valence-electron chi connectivity index (χ1n) is 9.51. The number of aromatic nitrogens is 7. The molecule has 4 heterocycles. The largest absolute Gasteiger partial charge is 0.316 e. The van der Waals surface area contributed by atoms with Gasteiger partial charge in [-0.25, -0.2) is 19.0 Å². The lowest BCUT2D eigenvalue weighted by Gasteiger charge is -2.01. The smallest absolute Gasteiger partial charge is 0.295 e. The molecule has 0 aliphatic rings. The van der Waals surface area contributed by atoms with E-state index in [9.17, 15) is 9.18 Å². The molecule has 0 radical (unpaired) electrons. The van der Waals surface area contributed by atoms with Crippen molar-refractivity contribution in [3.63, 3.8) is 0 Å². The number of hydrogen-bond acceptors (Lipinski definition) is 5. The Balaban J connectivity index is 1.29. The first-order chi connectivity index (χ1) is 15.0. The van der Waals surface area contributed by atoms with E-state index < -0.39 is 5.91 Å². The average Bonchev–Trinajstić information content (AvgIpc) is 3.47. The zero-order chi connectivity index (χ0) is 21.4. The fourth-order valence-corrected chi connectivity index (χ4v) is 3.24. The Morgan fingerprint density at radius 1 is 1.10 bits per heavy atom. The molecule has 5 aromatic rings. The molecule has 0 bridgehead atoms. The lowest BCUT2D eigenvalue weighted by Crippen LogP contribution is -2.14. The summed E-state index contributed by atoms with van der Waals surface area (Å²) in [5.41, 5.74) is 2.84. The molecule has 1 N–H and O–H groups in total. The molecule has 0 atom stereocenters. The van der Waals surface area contributed by atoms with Gasteiger partial charge in [-0.05, 0) is 43.3 Å². The van der Waals surface area contributed by atoms with Gasteiger partial charge in [0.05, 0.1) is 29.8 Å². The van der Waals surface area contributed by atoms with E-state index in [2.05, 4.69) is 25.5 Å². The van der Waals surface area contributed by atoms with Crippen LogP contribution in [0.1, 0.15) is 22.1 Å². The topological polar surface area (TPSA) is 94.9 Å². The van der Waals surface area contributed by atoms with Crippen LogP contribution in [0.25, 0.3) is 11.3 Å². The van der Waals surface area contributed by atoms with Crippen molar-refractivity contribution in [1.82, 2.24) is 33.9 Å². The molecule has 1 amide bonds. The molecule has 154 valence electrons. The second kappa shape index (κ2) is 7.48. The van der Waals surface area contributed by atoms with Crippen LogP contribution in [-0.4, -0.2) is 39.8 Å². The van der Waals surface area contributed by atoms with Crippen LogP contribution in [-0.2, 0) is 6.54 Å². The van der Waals surface area contributed by atoms with E-state index in [1.807, 2.05) is 35.0 Å². The zero-order valence-corrected chi connectivity index (χ0v) is 16.5. The maximum atomic E-state index is 13.1. The number of benzene rings is 1. The molecule has 4 aromatic heterocycles. The number of hydrogen-bond donors (Lipinski definition) is 1. The fraction of sp³-hybridized carbons (Fsp3) is 0.0952. The number of anilines is 1. The number of nitrogens with zero attached hydrogens (tertiary/aromatic N) is 7. The Kier molecular flexibility index (Phi) is 4.51. The molecule has 0 saturated heterocycles. The number of nitrogens with one attached hydrogen (secondary N) is 1. The van der Waals surface area contributed by atoms with Crippen LogP contribution in [0.4, 0.5) is 10.1 Å². The van der Waals surface area contributed by atoms with Crippen molar-refractivity contribution in [3.05, 3.63) is 90.4 Å². The van der Waals surface area contributed by atoms with Crippen LogP contribution in [0.5, 0.6) is 0 Å². The quantitative estimate of drug-likeness (QED) is 0.475. The van der Waals surface area contributed by atoms with Crippen molar-refractivity contribution in [1.29, 1.82) is 0 Å². The van der Waals surface area contributed by atoms with E-state index in [-0.39, 0.29) is 11.6 Å². The van der Waals surface area contributed by atoms with Crippen LogP contribution >= 0.6 is 0 Å². The second-order valence-corrected chi connectivity index (χ2v) is 6.95. The van der Waals surface area contributed by atoms with E-state index in [1.54, 1.807) is 36.1 Å². The number of rotatable bonds is 5. The number of amides is 1. The predicted octanol–water partition coefficient (Wildman–Crippen LogP) is 2.86. The van der Waals surface area contributed by atoms with E-state index in [0.29, 0.717) is 23.7 Å². The van der Waals surface area contributed by atoms with Gasteiger partial charge in [-0.3, -0.25) is 9.48 Å². The van der Waals surface area contributed by atoms with Crippen molar-refractivity contribution in [3.8, 4) is 5.69 Å². The molecule has 9 nitrogen and oxygen atoms in total. The molecular formula is C21H17FN8O. The van der Waals surface area contributed by atoms with E-state index in [4.69, 9.17) is 0 Å². The van der Waals surface area contributed by atoms with Gasteiger partial charge < -0.3 is 9.72 Å². The van der Waals surface area contributed by atoms with Crippen LogP contribution in [0.2, 0.25) is 0 Å². The Morgan fingerprint density at radius 3 is 2.74 bits per heavy atom. The number of carbonyl (C=O) groups excluding carboxylic acids is 1. The summed E-state index contributed by atoms with van der Waals surface area (Å²) in [6, 6.07) is 11.6. The number of imidazole rings is 1. The first-order valence-corrected chi connectivity index (χ1v) is 9.51. The van der Waals surface area contributed by atoms with Crippen molar-refractivity contribution < 1.29 is 9.18 Å². The number of aryl methyl sites for hydroxylation is 1. The van der Waals surface area contributed by atoms with E-state index in [1.165, 1.54) is 16.8 Å². The van der Waals surface area contributed by atoms with Gasteiger partial charge >= 0.3 is 0 Å². The van der Waals surface area contributed by atoms with Crippen LogP contribution in [0.3, 0.4) is 0 Å². The highest BCUT2D eigenvalue weighted by atomic mass is 19.1. The Labute approximate surface area is 175 Å². The summed E-state index contributed by atoms with van der Waals surface area (Å²) in [4.78, 5) is 21.3. The molecular weight excluding hydrogens is 399 g/mol. The molecule has 10 heteroatoms. The standard InChI is InChI=1S/C21H17FN8O/c1-14-24-20(27-30(14)18-7-5-15(22)6-8-18)21(31)26-16-10-23-29(12-16)13-17-11-28-9-3-2-4-19(28)25-17/h2-12H,13H2,1H3,(H,26,31). The minimum Gasteiger partial charge on any atom is -0.316 e. The molecule has 0 aliphatic heterocycles. The number of halogens is 1. The summed E-state index contributed by atoms with van der Waals surface area (Å²) in [7, 11) is 0. The van der Waals surface area contributed by atoms with Crippen molar-refractivity contribution in [2.45, 2.75) is 13.5 Å². The third kappa shape index (κ3) is 3.78. The highest BCUT2D eigenvalue weighted by molar-refractivity contribution is 6.01. The van der Waals surface area contributed by atoms with E-state index >= 15 is 0 Å². The molecule has 31 heavy (non-hydrogen) atoms. The highest BCUT2D eigenvalue weighted by Crippen LogP contribution is 2.13. The number of carbonyl (C=O) groups is 1. The Hall–Kier alpha value is -4.34. The lowest BCUT2D eigenvalue weighted by atomic mass is 10.3. The molecule has 0 saturated carbocycles. The van der Waals surface area contributed by atoms with E-state index in [0.717, 1.165) is 11.3 Å². The maximum absolute atomic E-state index is 13.1. The van der Waals surface area contributed by atoms with Gasteiger partial charge in [-0.1, -0.05) is 6.07 Å². The Bertz CT molecular complexity index is 1350. The van der Waals surface area contributed by atoms with Gasteiger partial charge in [0.25, 0.3) is 5.91 Å². The summed E-state index contributed by atoms with van der Waals surface area (Å²) in [5, 5.41) is 11.3. The summed E-state index contributed by atoms with van der Waals surface area (Å²) in [5.74, 6) is -0.286. The average molecular weight is 416 g/mol. The fourth-order valence-electron chi connectivity index (χ4n) is 3.24. The zero-order valence-electron chi connectivity index (χ0n) is 16.5. The summed E-state index contributed by atoms with van der Waals surface area (Å²) >= 11 is 0. The SMILES string of the molecule is Cc1nc(C(=O)Nc2cnn(Cc3cn4ccccc4n3)c2)nn1-c1ccc(F)cc1. The second-order valence-electron chi connectivity index (χ2n) is 6.95. The minimum absolute atomic E-state index is 0.00919. The number of fused-ring (bicyclic) bond motifs is 1. The van der Waals surface area contributed by atoms with Crippen LogP contribution in [0.15, 0.2) is 67.3 Å². The van der Waals surface area contributed by atoms with Gasteiger partial charge in [-0.15, -0.1) is 5.10 Å². The van der Waals surface area contributed by atoms with Crippen molar-refractivity contribution >= 4 is 17.2 Å². The summed E-state index contributed by atoms with van der Waals surface area (Å²) in [6.07, 6.45) is 7.13. The third-order valence-electron chi connectivity index (χ3n) is 4.67. The third-order valence-corrected chi connectivity index (χ3v) is 4.67. The number of pyridine rings is 1. The van der Waals surface area contributed by atoms with Gasteiger partial charge in [0.15, 0.2) is 0 Å². The van der Waals surface area contributed by atoms with Gasteiger partial charge in [0, 0.05) is 18.6 Å². The normalized spacial score (nSPS) is 11.2. The van der Waals surface area contributed by atoms with Gasteiger partial charge in [0.2, 0.25) is 5.82 Å². The summed E-state index contributed by atoms with van der Waals surface area (Å²) < 4.78 is 18.3. The van der Waals surface area contributed by atoms with Crippen LogP contribution in [0, 0.1) is 12.7 Å². The minimum atomic E-state index is -0.462. The molecule has 0 fully saturated rings. The van der Waals surface area contributed by atoms with Crippen molar-refractivity contribution in [2.24, 2.45) is 0 Å². The maximum Gasteiger partial charge on any atom is 0.295 e. The monoisotopic (exact) mass is 416 g/mol. The molecule has 0 unspecified atom stereocenters. The molecule has 0 aliphatic carbocycles. The molecule has 5 rings (SSSR count). The first kappa shape index (κ1) is 18.7. The summed E-state index contributed by atoms with van der Waals surface area (Å²) in [6.45, 7) is 2.19. The lowest BCUT2D eigenvalue weighted by molar-refractivity contribution is 0.101. The van der Waals surface area contributed by atoms with Crippen LogP contribution < -0.4 is 5.32 Å².